The summed E-state index contributed by atoms with van der Waals surface area (Å²) in [4.78, 5) is 12.8. The van der Waals surface area contributed by atoms with Crippen LogP contribution >= 0.6 is 0 Å². The minimum atomic E-state index is -1.39. The fraction of sp³-hybridized carbons (Fsp3) is 0.385. The predicted molar refractivity (Wildman–Crippen MR) is 118 cm³/mol. The fourth-order valence-corrected chi connectivity index (χ4v) is 5.04. The van der Waals surface area contributed by atoms with Gasteiger partial charge in [0, 0.05) is 11.3 Å². The van der Waals surface area contributed by atoms with Crippen LogP contribution in [0, 0.1) is 0 Å². The van der Waals surface area contributed by atoms with E-state index in [4.69, 9.17) is 9.84 Å². The minimum Gasteiger partial charge on any atom is -0.457 e. The van der Waals surface area contributed by atoms with E-state index in [1.165, 1.54) is 16.8 Å². The summed E-state index contributed by atoms with van der Waals surface area (Å²) in [7, 11) is 0. The van der Waals surface area contributed by atoms with E-state index in [-0.39, 0.29) is 6.61 Å². The number of carbonyl (C=O) groups is 1. The van der Waals surface area contributed by atoms with Gasteiger partial charge in [0.15, 0.2) is 5.60 Å². The molecular weight excluding hydrogens is 388 g/mol. The molecule has 1 saturated carbocycles. The molecule has 0 radical (unpaired) electrons. The van der Waals surface area contributed by atoms with Crippen LogP contribution in [-0.2, 0) is 29.0 Å². The molecule has 31 heavy (non-hydrogen) atoms. The number of aromatic nitrogens is 2. The van der Waals surface area contributed by atoms with E-state index in [0.29, 0.717) is 18.8 Å². The third-order valence-corrected chi connectivity index (χ3v) is 6.82. The van der Waals surface area contributed by atoms with Gasteiger partial charge in [-0.1, -0.05) is 48.5 Å². The molecule has 0 amide bonds. The molecule has 0 atom stereocenters. The molecule has 0 aliphatic heterocycles. The topological polar surface area (TPSA) is 64.3 Å². The summed E-state index contributed by atoms with van der Waals surface area (Å²) in [6.07, 6.45) is 5.46. The second-order valence-corrected chi connectivity index (χ2v) is 8.77. The number of rotatable bonds is 5. The summed E-state index contributed by atoms with van der Waals surface area (Å²) in [6.45, 7) is 0.116. The van der Waals surface area contributed by atoms with Crippen molar-refractivity contribution in [2.45, 2.75) is 63.1 Å². The molecule has 5 rings (SSSR count). The third-order valence-electron chi connectivity index (χ3n) is 6.82. The van der Waals surface area contributed by atoms with Gasteiger partial charge in [-0.15, -0.1) is 0 Å². The molecule has 160 valence electrons. The first-order chi connectivity index (χ1) is 15.1. The van der Waals surface area contributed by atoms with Crippen LogP contribution in [0.3, 0.4) is 0 Å². The molecule has 3 aromatic rings. The molecular formula is C26H28N2O3. The molecule has 0 spiro atoms. The second kappa shape index (κ2) is 8.31. The van der Waals surface area contributed by atoms with Crippen LogP contribution in [0.25, 0.3) is 5.69 Å². The number of hydrogen-bond acceptors (Lipinski definition) is 4. The highest BCUT2D eigenvalue weighted by Crippen LogP contribution is 2.39. The summed E-state index contributed by atoms with van der Waals surface area (Å²) in [5, 5.41) is 15.7. The zero-order valence-corrected chi connectivity index (χ0v) is 17.7. The Morgan fingerprint density at radius 1 is 1.03 bits per heavy atom. The first-order valence-corrected chi connectivity index (χ1v) is 11.2. The van der Waals surface area contributed by atoms with E-state index < -0.39 is 11.6 Å². The van der Waals surface area contributed by atoms with Gasteiger partial charge < -0.3 is 9.84 Å². The van der Waals surface area contributed by atoms with Crippen molar-refractivity contribution in [2.75, 3.05) is 0 Å². The molecule has 1 N–H and O–H groups in total. The highest BCUT2D eigenvalue weighted by Gasteiger charge is 2.41. The van der Waals surface area contributed by atoms with Gasteiger partial charge in [0.1, 0.15) is 12.3 Å². The monoisotopic (exact) mass is 416 g/mol. The lowest BCUT2D eigenvalue weighted by Crippen LogP contribution is -2.43. The Morgan fingerprint density at radius 3 is 2.42 bits per heavy atom. The highest BCUT2D eigenvalue weighted by molar-refractivity contribution is 5.79. The number of fused-ring (bicyclic) bond motifs is 1. The Labute approximate surface area is 182 Å². The number of ether oxygens (including phenoxy) is 1. The van der Waals surface area contributed by atoms with Crippen molar-refractivity contribution in [3.63, 3.8) is 0 Å². The normalized spacial score (nSPS) is 22.8. The van der Waals surface area contributed by atoms with E-state index in [9.17, 15) is 9.90 Å². The third kappa shape index (κ3) is 3.90. The Hall–Kier alpha value is -2.92. The van der Waals surface area contributed by atoms with E-state index >= 15 is 0 Å². The number of carbonyl (C=O) groups excluding carboxylic acids is 1. The van der Waals surface area contributed by atoms with Crippen molar-refractivity contribution >= 4 is 5.97 Å². The lowest BCUT2D eigenvalue weighted by molar-refractivity contribution is -0.170. The molecule has 0 bridgehead atoms. The van der Waals surface area contributed by atoms with Gasteiger partial charge >= 0.3 is 5.97 Å². The molecule has 2 aliphatic rings. The zero-order valence-electron chi connectivity index (χ0n) is 17.7. The summed E-state index contributed by atoms with van der Waals surface area (Å²) in [5.41, 5.74) is 4.12. The van der Waals surface area contributed by atoms with E-state index in [1.54, 1.807) is 0 Å². The minimum absolute atomic E-state index is 0.116. The number of benzene rings is 2. The highest BCUT2D eigenvalue weighted by atomic mass is 16.5. The van der Waals surface area contributed by atoms with Crippen molar-refractivity contribution in [2.24, 2.45) is 0 Å². The zero-order chi connectivity index (χ0) is 21.3. The van der Waals surface area contributed by atoms with Crippen LogP contribution in [0.4, 0.5) is 0 Å². The Kier molecular flexibility index (Phi) is 5.36. The van der Waals surface area contributed by atoms with Crippen LogP contribution < -0.4 is 0 Å². The van der Waals surface area contributed by atoms with Gasteiger partial charge in [-0.3, -0.25) is 0 Å². The average molecular weight is 417 g/mol. The maximum Gasteiger partial charge on any atom is 0.338 e. The van der Waals surface area contributed by atoms with Gasteiger partial charge in [-0.05, 0) is 68.6 Å². The molecule has 1 fully saturated rings. The number of aliphatic hydroxyl groups is 1. The van der Waals surface area contributed by atoms with Crippen molar-refractivity contribution < 1.29 is 14.6 Å². The number of para-hydroxylation sites is 1. The van der Waals surface area contributed by atoms with Crippen LogP contribution in [0.2, 0.25) is 0 Å². The Morgan fingerprint density at radius 2 is 1.71 bits per heavy atom. The summed E-state index contributed by atoms with van der Waals surface area (Å²) in [6, 6.07) is 20.4. The smallest absolute Gasteiger partial charge is 0.338 e. The Bertz CT molecular complexity index is 1050. The number of nitrogens with zero attached hydrogens (tertiary/aromatic N) is 2. The maximum absolute atomic E-state index is 12.8. The van der Waals surface area contributed by atoms with Crippen molar-refractivity contribution in [1.82, 2.24) is 9.78 Å². The van der Waals surface area contributed by atoms with Gasteiger partial charge in [0.05, 0.1) is 5.69 Å². The molecule has 1 aromatic heterocycles. The lowest BCUT2D eigenvalue weighted by Gasteiger charge is -2.34. The van der Waals surface area contributed by atoms with Gasteiger partial charge in [0.25, 0.3) is 0 Å². The van der Waals surface area contributed by atoms with Crippen LogP contribution in [0.5, 0.6) is 0 Å². The maximum atomic E-state index is 12.8. The standard InChI is InChI=1S/C26H28N2O3/c29-25(26(30)16-14-20(15-17-26)19-8-3-1-4-9-19)31-18-23-22-12-7-13-24(22)28(27-23)21-10-5-2-6-11-21/h1-6,8-11,20,30H,7,12-18H2. The first-order valence-electron chi connectivity index (χ1n) is 11.2. The second-order valence-electron chi connectivity index (χ2n) is 8.77. The van der Waals surface area contributed by atoms with Gasteiger partial charge in [0.2, 0.25) is 0 Å². The van der Waals surface area contributed by atoms with Crippen LogP contribution in [-0.4, -0.2) is 26.5 Å². The lowest BCUT2D eigenvalue weighted by atomic mass is 9.76. The summed E-state index contributed by atoms with van der Waals surface area (Å²) >= 11 is 0. The van der Waals surface area contributed by atoms with Gasteiger partial charge in [-0.25, -0.2) is 9.48 Å². The largest absolute Gasteiger partial charge is 0.457 e. The Balaban J connectivity index is 1.25. The van der Waals surface area contributed by atoms with Gasteiger partial charge in [-0.2, -0.15) is 5.10 Å². The number of esters is 1. The quantitative estimate of drug-likeness (QED) is 0.623. The van der Waals surface area contributed by atoms with E-state index in [2.05, 4.69) is 12.1 Å². The molecule has 2 aliphatic carbocycles. The average Bonchev–Trinajstić information content (AvgIpc) is 3.42. The van der Waals surface area contributed by atoms with Crippen molar-refractivity contribution in [1.29, 1.82) is 0 Å². The van der Waals surface area contributed by atoms with E-state index in [0.717, 1.165) is 43.5 Å². The fourth-order valence-electron chi connectivity index (χ4n) is 5.04. The molecule has 5 nitrogen and oxygen atoms in total. The SMILES string of the molecule is O=C(OCc1nn(-c2ccccc2)c2c1CCC2)C1(O)CCC(c2ccccc2)CC1. The first kappa shape index (κ1) is 20.0. The van der Waals surface area contributed by atoms with Crippen LogP contribution in [0.1, 0.15) is 60.5 Å². The molecule has 2 aromatic carbocycles. The molecule has 0 saturated heterocycles. The molecule has 0 unspecified atom stereocenters. The van der Waals surface area contributed by atoms with Crippen LogP contribution in [0.15, 0.2) is 60.7 Å². The van der Waals surface area contributed by atoms with Crippen molar-refractivity contribution in [3.05, 3.63) is 83.2 Å². The number of hydrogen-bond donors (Lipinski definition) is 1. The summed E-state index contributed by atoms with van der Waals surface area (Å²) < 4.78 is 7.60. The summed E-state index contributed by atoms with van der Waals surface area (Å²) in [5.74, 6) is -0.126. The molecule has 1 heterocycles. The van der Waals surface area contributed by atoms with Crippen molar-refractivity contribution in [3.8, 4) is 5.69 Å². The molecule has 5 heteroatoms. The van der Waals surface area contributed by atoms with E-state index in [1.807, 2.05) is 53.2 Å². The predicted octanol–water partition coefficient (Wildman–Crippen LogP) is 4.49.